The molecular formula is C87H120BrK3O19. The average molecular weight is 1670 g/mol. The number of fused-ring (bicyclic) bond motifs is 1. The molecule has 1 saturated carbocycles. The molecule has 0 bridgehead atoms. The fraction of sp³-hybridized carbons (Fsp3) is 0.517. The summed E-state index contributed by atoms with van der Waals surface area (Å²) in [5, 5.41) is 49.9. The van der Waals surface area contributed by atoms with Crippen molar-refractivity contribution in [1.82, 2.24) is 0 Å². The Labute approximate surface area is 791 Å². The molecule has 0 spiro atoms. The van der Waals surface area contributed by atoms with Gasteiger partial charge in [-0.05, 0) is 228 Å². The Kier molecular flexibility index (Phi) is 56.9. The van der Waals surface area contributed by atoms with Gasteiger partial charge >= 0.3 is 154 Å². The van der Waals surface area contributed by atoms with Crippen LogP contribution in [-0.2, 0) is 28.7 Å². The number of carbonyl (C=O) groups is 4. The molecule has 0 radical (unpaired) electrons. The number of benzene rings is 5. The van der Waals surface area contributed by atoms with Crippen LogP contribution in [0.25, 0.3) is 0 Å². The number of aliphatic hydroxyl groups excluding tert-OH is 2. The van der Waals surface area contributed by atoms with Gasteiger partial charge in [-0.3, -0.25) is 24.9 Å². The van der Waals surface area contributed by atoms with Gasteiger partial charge in [-0.15, -0.1) is 0 Å². The van der Waals surface area contributed by atoms with Crippen LogP contribution < -0.4 is 178 Å². The number of aldehydes is 3. The maximum absolute atomic E-state index is 10.5. The molecule has 0 aromatic heterocycles. The van der Waals surface area contributed by atoms with E-state index in [0.717, 1.165) is 125 Å². The number of alkyl halides is 1. The molecule has 6 N–H and O–H groups in total. The summed E-state index contributed by atoms with van der Waals surface area (Å²) in [6.07, 6.45) is 39.5. The third-order valence-corrected chi connectivity index (χ3v) is 20.4. The van der Waals surface area contributed by atoms with Gasteiger partial charge in [0.15, 0.2) is 0 Å². The van der Waals surface area contributed by atoms with E-state index in [4.69, 9.17) is 58.8 Å². The maximum Gasteiger partial charge on any atom is 1.00 e. The quantitative estimate of drug-likeness (QED) is 0.00820. The van der Waals surface area contributed by atoms with E-state index in [2.05, 4.69) is 146 Å². The maximum atomic E-state index is 10.5. The van der Waals surface area contributed by atoms with Gasteiger partial charge in [0.05, 0.1) is 76.8 Å². The van der Waals surface area contributed by atoms with Crippen LogP contribution in [0.4, 0.5) is 0 Å². The molecule has 5 aliphatic carbocycles. The minimum absolute atomic E-state index is 0. The molecule has 4 fully saturated rings. The number of epoxide rings is 1. The van der Waals surface area contributed by atoms with Gasteiger partial charge in [-0.25, -0.2) is 0 Å². The number of carbonyl (C=O) groups excluding carboxylic acids is 4. The van der Waals surface area contributed by atoms with Crippen molar-refractivity contribution in [3.63, 3.8) is 0 Å². The third-order valence-electron chi connectivity index (χ3n) is 19.5. The Morgan fingerprint density at radius 1 is 0.527 bits per heavy atom. The zero-order chi connectivity index (χ0) is 77.2. The minimum Gasteiger partial charge on any atom is -1.00 e. The zero-order valence-corrected chi connectivity index (χ0v) is 77.9. The van der Waals surface area contributed by atoms with Gasteiger partial charge in [0, 0.05) is 38.6 Å². The van der Waals surface area contributed by atoms with Gasteiger partial charge in [0.2, 0.25) is 0 Å². The second-order valence-corrected chi connectivity index (χ2v) is 31.1. The molecule has 592 valence electrons. The van der Waals surface area contributed by atoms with Gasteiger partial charge in [-0.1, -0.05) is 156 Å². The predicted octanol–water partition coefficient (Wildman–Crippen LogP) is 9.14. The SMILES string of the molecule is BrCC1CC=CCC1.CC(C)(CO)C(O)c1ccc(OCC2CC=CCC2)cc1.CC(C)C=O.CC1(C)COC1c1ccc(OCC2CC=CCC2)cc1.CC1(C)COC1c1ccc(OCC2CCC3OC3C2)cc1.O=CO[O-].O=Cc1ccc(O)cc1.O=Cc1ccc(OCC2CC=CCC2)cc1.OO.[H-].[K+].[K+].[K+].[OH-]. The van der Waals surface area contributed by atoms with Gasteiger partial charge in [0.1, 0.15) is 47.6 Å². The molecule has 13 rings (SSSR count). The largest absolute Gasteiger partial charge is 1.00 e. The molecule has 5 aromatic carbocycles. The van der Waals surface area contributed by atoms with Crippen LogP contribution in [0, 0.1) is 51.8 Å². The summed E-state index contributed by atoms with van der Waals surface area (Å²) in [6, 6.07) is 37.7. The molecule has 8 aliphatic rings. The number of allylic oxidation sites excluding steroid dienone is 8. The second kappa shape index (κ2) is 59.3. The molecule has 0 amide bonds. The fourth-order valence-electron chi connectivity index (χ4n) is 12.6. The molecule has 5 aromatic rings. The Morgan fingerprint density at radius 3 is 1.14 bits per heavy atom. The first-order chi connectivity index (χ1) is 51.1. The topological polar surface area (TPSA) is 300 Å². The normalized spacial score (nSPS) is 22.2. The van der Waals surface area contributed by atoms with E-state index >= 15 is 0 Å². The van der Waals surface area contributed by atoms with E-state index in [0.29, 0.717) is 47.0 Å². The van der Waals surface area contributed by atoms with Crippen molar-refractivity contribution in [3.05, 3.63) is 198 Å². The van der Waals surface area contributed by atoms with E-state index in [1.807, 2.05) is 64.1 Å². The summed E-state index contributed by atoms with van der Waals surface area (Å²) in [5.74, 6) is 7.49. The van der Waals surface area contributed by atoms with Crippen LogP contribution in [0.5, 0.6) is 28.7 Å². The van der Waals surface area contributed by atoms with E-state index < -0.39 is 11.5 Å². The van der Waals surface area contributed by atoms with Crippen LogP contribution in [0.2, 0.25) is 0 Å². The first-order valence-electron chi connectivity index (χ1n) is 37.4. The van der Waals surface area contributed by atoms with Crippen molar-refractivity contribution in [3.8, 4) is 28.7 Å². The monoisotopic (exact) mass is 1660 g/mol. The van der Waals surface area contributed by atoms with Crippen molar-refractivity contribution < 1.29 is 249 Å². The molecule has 10 atom stereocenters. The van der Waals surface area contributed by atoms with E-state index in [9.17, 15) is 24.6 Å². The molecule has 19 nitrogen and oxygen atoms in total. The zero-order valence-electron chi connectivity index (χ0n) is 68.0. The molecule has 3 aliphatic heterocycles. The van der Waals surface area contributed by atoms with Crippen LogP contribution in [-0.4, -0.2) is 120 Å². The van der Waals surface area contributed by atoms with Gasteiger partial charge in [-0.2, -0.15) is 0 Å². The van der Waals surface area contributed by atoms with Crippen LogP contribution in [0.3, 0.4) is 0 Å². The minimum atomic E-state index is -0.681. The van der Waals surface area contributed by atoms with Crippen molar-refractivity contribution >= 4 is 41.3 Å². The number of rotatable bonds is 22. The number of aliphatic hydroxyl groups is 2. The summed E-state index contributed by atoms with van der Waals surface area (Å²) in [6.45, 7) is 21.0. The number of aromatic hydroxyl groups is 1. The first kappa shape index (κ1) is 106. The predicted molar refractivity (Wildman–Crippen MR) is 419 cm³/mol. The standard InChI is InChI=1S/C18H24O3.C18H26O3.C18H24O2.C14H16O2.C7H11Br.C7H6O2.C4H8O.CH2O3.3K.H2O2.H2O.H/c1-18(2)11-20-17(18)13-4-6-14(7-5-13)19-10-12-3-8-15-16(9-12)21-15;1-18(2,13-19)17(20)15-8-10-16(11-9-15)21-12-14-6-4-3-5-7-14;1-18(2)13-20-17(18)15-8-10-16(11-9-15)19-12-14-6-4-3-5-7-14;15-10-12-6-8-14(9-7-12)16-11-13-4-2-1-3-5-13;8-6-7-4-2-1-3-5-7;8-5-6-1-3-7(9)4-2-6;1-4(2)3-5;2-1-4-3;;;;1-2;;/h4-7,12,15-17H,3,8-11H2,1-2H3;3-4,8-11,14,17,19-20H,5-7,12-13H2,1-2H3;3-4,8-11,14,17H,5-7,12-13H2,1-2H3;1-2,6-10,13H,3-5,11H2;1-2,7H,3-6H2;1-5,9H;3-4H,1-2H3;1,3H;;;;1-2H;1H2;/q;;;;;;;;3*+1;;;-1/p-2. The Bertz CT molecular complexity index is 3380. The molecule has 3 heterocycles. The molecule has 110 heavy (non-hydrogen) atoms. The average Bonchev–Trinajstić information content (AvgIpc) is 1.77. The van der Waals surface area contributed by atoms with E-state index in [1.165, 1.54) is 92.8 Å². The summed E-state index contributed by atoms with van der Waals surface area (Å²) in [4.78, 5) is 41.3. The number of hydrogen-bond donors (Lipinski definition) is 5. The van der Waals surface area contributed by atoms with E-state index in [1.54, 1.807) is 24.3 Å². The molecule has 10 unspecified atom stereocenters. The van der Waals surface area contributed by atoms with Gasteiger partial charge in [0.25, 0.3) is 6.47 Å². The third kappa shape index (κ3) is 40.6. The molecular weight excluding hydrogens is 1550 g/mol. The molecule has 23 heteroatoms. The summed E-state index contributed by atoms with van der Waals surface area (Å²) >= 11 is 3.48. The van der Waals surface area contributed by atoms with Gasteiger partial charge < -0.3 is 70.3 Å². The fourth-order valence-corrected chi connectivity index (χ4v) is 13.2. The summed E-state index contributed by atoms with van der Waals surface area (Å²) in [7, 11) is 0. The number of phenols is 1. The first-order valence-corrected chi connectivity index (χ1v) is 38.6. The Hall–Kier alpha value is -2.43. The van der Waals surface area contributed by atoms with Crippen LogP contribution in [0.15, 0.2) is 170 Å². The number of halogens is 1. The Morgan fingerprint density at radius 2 is 0.864 bits per heavy atom. The van der Waals surface area contributed by atoms with Crippen molar-refractivity contribution in [1.29, 1.82) is 0 Å². The molecule has 3 saturated heterocycles. The summed E-state index contributed by atoms with van der Waals surface area (Å²) in [5.41, 5.74) is 4.56. The number of phenolic OH excluding ortho intramolecular Hbond substituents is 1. The number of hydrogen-bond acceptors (Lipinski definition) is 19. The Balaban J connectivity index is 0.00000129. The number of ether oxygens (including phenoxy) is 7. The second-order valence-electron chi connectivity index (χ2n) is 30.5. The van der Waals surface area contributed by atoms with Crippen LogP contribution in [0.1, 0.15) is 209 Å². The summed E-state index contributed by atoms with van der Waals surface area (Å²) < 4.78 is 40.3. The van der Waals surface area contributed by atoms with Crippen molar-refractivity contribution in [2.45, 2.75) is 182 Å². The smallest absolute Gasteiger partial charge is 1.00 e. The van der Waals surface area contributed by atoms with Crippen LogP contribution >= 0.6 is 15.9 Å². The van der Waals surface area contributed by atoms with Crippen molar-refractivity contribution in [2.75, 3.05) is 51.6 Å². The van der Waals surface area contributed by atoms with E-state index in [-0.39, 0.29) is 209 Å². The van der Waals surface area contributed by atoms with Crippen molar-refractivity contribution in [2.24, 2.45) is 51.8 Å².